The molecule has 0 aliphatic rings. The Kier molecular flexibility index (Phi) is 6.73. The van der Waals surface area contributed by atoms with Crippen molar-refractivity contribution in [2.75, 3.05) is 0 Å². The van der Waals surface area contributed by atoms with Gasteiger partial charge in [0.05, 0.1) is 0 Å². The first kappa shape index (κ1) is 31.1. The molecule has 0 heteroatoms. The van der Waals surface area contributed by atoms with Gasteiger partial charge in [-0.1, -0.05) is 170 Å². The lowest BCUT2D eigenvalue weighted by Crippen LogP contribution is -1.89. The second-order valence-electron chi connectivity index (χ2n) is 15.2. The molecule has 0 N–H and O–H groups in total. The molecule has 56 heavy (non-hydrogen) atoms. The zero-order chi connectivity index (χ0) is 36.7. The molecule has 12 aromatic rings. The molecule has 0 spiro atoms. The van der Waals surface area contributed by atoms with Crippen molar-refractivity contribution in [1.29, 1.82) is 0 Å². The largest absolute Gasteiger partial charge is 0.0616 e. The van der Waals surface area contributed by atoms with Gasteiger partial charge in [0.15, 0.2) is 0 Å². The standard InChI is InChI=1S/C56H34/c1-5-15-46-35(11-1)21-27-42-32-53(48-17-7-9-19-50(48)55(42)46)41-26-24-37-29-40(25-23-38(37)30-41)52-34-44(31-39-13-3-4-14-45(39)52)54-33-43-28-22-36-12-2-6-16-47(36)56(43)51-20-10-8-18-49(51)54/h1-34H. The Morgan fingerprint density at radius 2 is 0.536 bits per heavy atom. The highest BCUT2D eigenvalue weighted by molar-refractivity contribution is 6.25. The van der Waals surface area contributed by atoms with Crippen molar-refractivity contribution in [2.24, 2.45) is 0 Å². The van der Waals surface area contributed by atoms with Gasteiger partial charge in [-0.2, -0.15) is 0 Å². The van der Waals surface area contributed by atoms with Gasteiger partial charge in [0.25, 0.3) is 0 Å². The second-order valence-corrected chi connectivity index (χ2v) is 15.2. The normalized spacial score (nSPS) is 11.9. The fourth-order valence-electron chi connectivity index (χ4n) is 9.52. The molecule has 12 rings (SSSR count). The van der Waals surface area contributed by atoms with Crippen LogP contribution in [0.25, 0.3) is 120 Å². The molecule has 0 bridgehead atoms. The summed E-state index contributed by atoms with van der Waals surface area (Å²) in [5, 5.41) is 20.5. The Balaban J connectivity index is 1.02. The first-order chi connectivity index (χ1) is 27.7. The molecule has 0 radical (unpaired) electrons. The van der Waals surface area contributed by atoms with E-state index in [4.69, 9.17) is 0 Å². The lowest BCUT2D eigenvalue weighted by Gasteiger charge is -2.16. The van der Waals surface area contributed by atoms with E-state index in [1.165, 1.54) is 120 Å². The zero-order valence-electron chi connectivity index (χ0n) is 30.6. The van der Waals surface area contributed by atoms with Gasteiger partial charge in [0.1, 0.15) is 0 Å². The van der Waals surface area contributed by atoms with Gasteiger partial charge in [-0.15, -0.1) is 0 Å². The van der Waals surface area contributed by atoms with E-state index >= 15 is 0 Å². The molecule has 0 saturated carbocycles. The quantitative estimate of drug-likeness (QED) is 0.160. The Morgan fingerprint density at radius 3 is 1.07 bits per heavy atom. The predicted molar refractivity (Wildman–Crippen MR) is 243 cm³/mol. The molecular formula is C56H34. The molecule has 258 valence electrons. The number of hydrogen-bond donors (Lipinski definition) is 0. The maximum absolute atomic E-state index is 2.41. The van der Waals surface area contributed by atoms with Crippen molar-refractivity contribution in [2.45, 2.75) is 0 Å². The van der Waals surface area contributed by atoms with E-state index < -0.39 is 0 Å². The third-order valence-corrected chi connectivity index (χ3v) is 12.1. The molecule has 0 aliphatic carbocycles. The van der Waals surface area contributed by atoms with Crippen LogP contribution in [0.15, 0.2) is 206 Å². The van der Waals surface area contributed by atoms with E-state index in [2.05, 4.69) is 206 Å². The van der Waals surface area contributed by atoms with Crippen molar-refractivity contribution in [3.05, 3.63) is 206 Å². The summed E-state index contributed by atoms with van der Waals surface area (Å²) in [4.78, 5) is 0. The second kappa shape index (κ2) is 12.1. The van der Waals surface area contributed by atoms with E-state index in [0.717, 1.165) is 0 Å². The molecule has 0 heterocycles. The summed E-state index contributed by atoms with van der Waals surface area (Å²) in [5.74, 6) is 0. The Labute approximate surface area is 324 Å². The van der Waals surface area contributed by atoms with Crippen molar-refractivity contribution >= 4 is 86.2 Å². The monoisotopic (exact) mass is 706 g/mol. The van der Waals surface area contributed by atoms with E-state index in [-0.39, 0.29) is 0 Å². The highest BCUT2D eigenvalue weighted by atomic mass is 14.2. The third kappa shape index (κ3) is 4.73. The van der Waals surface area contributed by atoms with E-state index in [0.29, 0.717) is 0 Å². The van der Waals surface area contributed by atoms with Crippen LogP contribution in [0, 0.1) is 0 Å². The number of rotatable bonds is 3. The van der Waals surface area contributed by atoms with Crippen LogP contribution in [-0.2, 0) is 0 Å². The minimum Gasteiger partial charge on any atom is -0.0616 e. The highest BCUT2D eigenvalue weighted by Gasteiger charge is 2.16. The SMILES string of the molecule is c1ccc2c(-c3ccc4cc(-c5cc6ccc7ccccc7c6c6ccccc56)ccc4c3)cc(-c3cc4ccc5ccccc5c4c4ccccc34)cc2c1. The summed E-state index contributed by atoms with van der Waals surface area (Å²) in [6, 6.07) is 76.7. The smallest absolute Gasteiger partial charge is 0.00264 e. The fraction of sp³-hybridized carbons (Fsp3) is 0. The summed E-state index contributed by atoms with van der Waals surface area (Å²) in [6.07, 6.45) is 0. The third-order valence-electron chi connectivity index (χ3n) is 12.1. The minimum atomic E-state index is 1.22. The van der Waals surface area contributed by atoms with Crippen LogP contribution >= 0.6 is 0 Å². The molecule has 0 atom stereocenters. The number of hydrogen-bond acceptors (Lipinski definition) is 0. The van der Waals surface area contributed by atoms with E-state index in [1.807, 2.05) is 0 Å². The first-order valence-electron chi connectivity index (χ1n) is 19.5. The molecule has 0 nitrogen and oxygen atoms in total. The topological polar surface area (TPSA) is 0 Å². The van der Waals surface area contributed by atoms with Gasteiger partial charge in [-0.3, -0.25) is 0 Å². The average Bonchev–Trinajstić information content (AvgIpc) is 3.27. The van der Waals surface area contributed by atoms with Gasteiger partial charge in [-0.05, 0) is 156 Å². The zero-order valence-corrected chi connectivity index (χ0v) is 30.6. The van der Waals surface area contributed by atoms with Crippen LogP contribution in [0.1, 0.15) is 0 Å². The molecular weight excluding hydrogens is 673 g/mol. The van der Waals surface area contributed by atoms with Crippen molar-refractivity contribution in [3.8, 4) is 33.4 Å². The summed E-state index contributed by atoms with van der Waals surface area (Å²) in [6.45, 7) is 0. The number of benzene rings is 12. The molecule has 0 saturated heterocycles. The van der Waals surface area contributed by atoms with E-state index in [9.17, 15) is 0 Å². The maximum Gasteiger partial charge on any atom is -0.00264 e. The lowest BCUT2D eigenvalue weighted by atomic mass is 9.87. The van der Waals surface area contributed by atoms with Crippen molar-refractivity contribution in [3.63, 3.8) is 0 Å². The summed E-state index contributed by atoms with van der Waals surface area (Å²) in [5.41, 5.74) is 7.47. The molecule has 0 unspecified atom stereocenters. The molecule has 0 aromatic heterocycles. The summed E-state index contributed by atoms with van der Waals surface area (Å²) >= 11 is 0. The Bertz CT molecular complexity index is 3590. The highest BCUT2D eigenvalue weighted by Crippen LogP contribution is 2.43. The average molecular weight is 707 g/mol. The summed E-state index contributed by atoms with van der Waals surface area (Å²) in [7, 11) is 0. The maximum atomic E-state index is 2.41. The molecule has 0 fully saturated rings. The Morgan fingerprint density at radius 1 is 0.179 bits per heavy atom. The first-order valence-corrected chi connectivity index (χ1v) is 19.5. The van der Waals surface area contributed by atoms with Gasteiger partial charge in [0, 0.05) is 0 Å². The van der Waals surface area contributed by atoms with Crippen molar-refractivity contribution < 1.29 is 0 Å². The van der Waals surface area contributed by atoms with Crippen LogP contribution in [0.3, 0.4) is 0 Å². The Hall–Kier alpha value is -7.28. The van der Waals surface area contributed by atoms with Crippen LogP contribution in [0.5, 0.6) is 0 Å². The molecule has 0 aliphatic heterocycles. The lowest BCUT2D eigenvalue weighted by molar-refractivity contribution is 1.65. The van der Waals surface area contributed by atoms with Crippen LogP contribution in [-0.4, -0.2) is 0 Å². The van der Waals surface area contributed by atoms with Crippen LogP contribution < -0.4 is 0 Å². The summed E-state index contributed by atoms with van der Waals surface area (Å²) < 4.78 is 0. The fourth-order valence-corrected chi connectivity index (χ4v) is 9.52. The molecule has 12 aromatic carbocycles. The van der Waals surface area contributed by atoms with Crippen LogP contribution in [0.4, 0.5) is 0 Å². The van der Waals surface area contributed by atoms with Gasteiger partial charge < -0.3 is 0 Å². The van der Waals surface area contributed by atoms with Crippen molar-refractivity contribution in [1.82, 2.24) is 0 Å². The number of fused-ring (bicyclic) bond motifs is 12. The van der Waals surface area contributed by atoms with Crippen LogP contribution in [0.2, 0.25) is 0 Å². The predicted octanol–water partition coefficient (Wildman–Crippen LogP) is 15.9. The minimum absolute atomic E-state index is 1.22. The molecule has 0 amide bonds. The van der Waals surface area contributed by atoms with Gasteiger partial charge >= 0.3 is 0 Å². The van der Waals surface area contributed by atoms with E-state index in [1.54, 1.807) is 0 Å². The van der Waals surface area contributed by atoms with Gasteiger partial charge in [0.2, 0.25) is 0 Å². The van der Waals surface area contributed by atoms with Gasteiger partial charge in [-0.25, -0.2) is 0 Å².